The second-order valence-corrected chi connectivity index (χ2v) is 4.95. The molecule has 1 aromatic heterocycles. The molecule has 0 spiro atoms. The van der Waals surface area contributed by atoms with Gasteiger partial charge in [0, 0.05) is 5.38 Å². The average molecular weight is 276 g/mol. The third kappa shape index (κ3) is 4.06. The van der Waals surface area contributed by atoms with Gasteiger partial charge in [0.15, 0.2) is 5.13 Å². The second-order valence-electron chi connectivity index (χ2n) is 4.10. The second kappa shape index (κ2) is 6.33. The normalized spacial score (nSPS) is 10.2. The van der Waals surface area contributed by atoms with Gasteiger partial charge in [-0.1, -0.05) is 12.1 Å². The number of ether oxygens (including phenoxy) is 1. The minimum Gasteiger partial charge on any atom is -0.494 e. The summed E-state index contributed by atoms with van der Waals surface area (Å²) in [6.45, 7) is 4.49. The standard InChI is InChI=1S/C14H16N2O2S/c1-3-18-12-6-4-11(5-7-12)8-13(17)16-14-15-10(2)9-19-14/h4-7,9H,3,8H2,1-2H3,(H,15,16,17). The van der Waals surface area contributed by atoms with E-state index in [1.807, 2.05) is 43.5 Å². The minimum atomic E-state index is -0.0569. The van der Waals surface area contributed by atoms with Crippen LogP contribution in [-0.4, -0.2) is 17.5 Å². The molecule has 2 rings (SSSR count). The van der Waals surface area contributed by atoms with E-state index in [2.05, 4.69) is 10.3 Å². The van der Waals surface area contributed by atoms with Crippen molar-refractivity contribution in [2.24, 2.45) is 0 Å². The predicted molar refractivity (Wildman–Crippen MR) is 76.8 cm³/mol. The number of carbonyl (C=O) groups excluding carboxylic acids is 1. The summed E-state index contributed by atoms with van der Waals surface area (Å²) in [5.41, 5.74) is 1.87. The smallest absolute Gasteiger partial charge is 0.230 e. The summed E-state index contributed by atoms with van der Waals surface area (Å²) in [6, 6.07) is 7.55. The first kappa shape index (κ1) is 13.5. The third-order valence-electron chi connectivity index (χ3n) is 2.46. The van der Waals surface area contributed by atoms with Crippen molar-refractivity contribution in [3.63, 3.8) is 0 Å². The number of rotatable bonds is 5. The monoisotopic (exact) mass is 276 g/mol. The molecular formula is C14H16N2O2S. The molecule has 0 aliphatic carbocycles. The Hall–Kier alpha value is -1.88. The molecule has 4 nitrogen and oxygen atoms in total. The highest BCUT2D eigenvalue weighted by molar-refractivity contribution is 7.13. The molecule has 0 saturated heterocycles. The molecule has 100 valence electrons. The van der Waals surface area contributed by atoms with Crippen molar-refractivity contribution >= 4 is 22.4 Å². The number of benzene rings is 1. The van der Waals surface area contributed by atoms with Crippen LogP contribution in [0.2, 0.25) is 0 Å². The average Bonchev–Trinajstić information content (AvgIpc) is 2.77. The lowest BCUT2D eigenvalue weighted by Crippen LogP contribution is -2.14. The Morgan fingerprint density at radius 3 is 2.68 bits per heavy atom. The molecule has 5 heteroatoms. The van der Waals surface area contributed by atoms with E-state index in [0.29, 0.717) is 18.2 Å². The Kier molecular flexibility index (Phi) is 4.52. The van der Waals surface area contributed by atoms with Gasteiger partial charge < -0.3 is 10.1 Å². The Morgan fingerprint density at radius 2 is 2.11 bits per heavy atom. The first-order valence-electron chi connectivity index (χ1n) is 6.11. The molecule has 0 saturated carbocycles. The van der Waals surface area contributed by atoms with Crippen LogP contribution >= 0.6 is 11.3 Å². The molecule has 1 N–H and O–H groups in total. The van der Waals surface area contributed by atoms with Crippen molar-refractivity contribution in [3.05, 3.63) is 40.9 Å². The molecular weight excluding hydrogens is 260 g/mol. The molecule has 1 amide bonds. The van der Waals surface area contributed by atoms with Crippen molar-refractivity contribution in [2.75, 3.05) is 11.9 Å². The molecule has 0 fully saturated rings. The van der Waals surface area contributed by atoms with Crippen LogP contribution in [0.4, 0.5) is 5.13 Å². The van der Waals surface area contributed by atoms with Gasteiger partial charge in [-0.2, -0.15) is 0 Å². The van der Waals surface area contributed by atoms with E-state index in [9.17, 15) is 4.79 Å². The zero-order valence-electron chi connectivity index (χ0n) is 11.0. The van der Waals surface area contributed by atoms with E-state index in [4.69, 9.17) is 4.74 Å². The van der Waals surface area contributed by atoms with Gasteiger partial charge in [0.2, 0.25) is 5.91 Å². The first-order chi connectivity index (χ1) is 9.17. The maximum absolute atomic E-state index is 11.8. The number of aromatic nitrogens is 1. The van der Waals surface area contributed by atoms with Gasteiger partial charge in [0.25, 0.3) is 0 Å². The summed E-state index contributed by atoms with van der Waals surface area (Å²) < 4.78 is 5.36. The van der Waals surface area contributed by atoms with Crippen LogP contribution in [0.3, 0.4) is 0 Å². The molecule has 0 unspecified atom stereocenters. The van der Waals surface area contributed by atoms with Gasteiger partial charge in [-0.25, -0.2) is 4.98 Å². The number of carbonyl (C=O) groups is 1. The molecule has 2 aromatic rings. The van der Waals surface area contributed by atoms with Crippen molar-refractivity contribution in [3.8, 4) is 5.75 Å². The molecule has 0 atom stereocenters. The predicted octanol–water partition coefficient (Wildman–Crippen LogP) is 3.03. The van der Waals surface area contributed by atoms with Gasteiger partial charge in [-0.15, -0.1) is 11.3 Å². The highest BCUT2D eigenvalue weighted by Crippen LogP contribution is 2.16. The number of aryl methyl sites for hydroxylation is 1. The molecule has 0 bridgehead atoms. The number of amides is 1. The number of nitrogens with one attached hydrogen (secondary N) is 1. The maximum Gasteiger partial charge on any atom is 0.230 e. The summed E-state index contributed by atoms with van der Waals surface area (Å²) in [5.74, 6) is 0.765. The number of nitrogens with zero attached hydrogens (tertiary/aromatic N) is 1. The maximum atomic E-state index is 11.8. The zero-order valence-corrected chi connectivity index (χ0v) is 11.8. The fraction of sp³-hybridized carbons (Fsp3) is 0.286. The molecule has 1 heterocycles. The van der Waals surface area contributed by atoms with Crippen LogP contribution in [-0.2, 0) is 11.2 Å². The summed E-state index contributed by atoms with van der Waals surface area (Å²) in [4.78, 5) is 16.0. The van der Waals surface area contributed by atoms with Crippen molar-refractivity contribution in [2.45, 2.75) is 20.3 Å². The van der Waals surface area contributed by atoms with Crippen LogP contribution in [0, 0.1) is 6.92 Å². The number of thiazole rings is 1. The highest BCUT2D eigenvalue weighted by atomic mass is 32.1. The van der Waals surface area contributed by atoms with E-state index >= 15 is 0 Å². The molecule has 0 aliphatic heterocycles. The van der Waals surface area contributed by atoms with Crippen LogP contribution in [0.5, 0.6) is 5.75 Å². The Balaban J connectivity index is 1.91. The van der Waals surface area contributed by atoms with Crippen LogP contribution in [0.1, 0.15) is 18.2 Å². The summed E-state index contributed by atoms with van der Waals surface area (Å²) in [6.07, 6.45) is 0.338. The summed E-state index contributed by atoms with van der Waals surface area (Å²) >= 11 is 1.43. The molecule has 0 radical (unpaired) electrons. The van der Waals surface area contributed by atoms with Gasteiger partial charge in [0.05, 0.1) is 18.7 Å². The quantitative estimate of drug-likeness (QED) is 0.913. The third-order valence-corrected chi connectivity index (χ3v) is 3.34. The number of hydrogen-bond acceptors (Lipinski definition) is 4. The van der Waals surface area contributed by atoms with E-state index in [1.165, 1.54) is 11.3 Å². The largest absolute Gasteiger partial charge is 0.494 e. The van der Waals surface area contributed by atoms with Gasteiger partial charge in [-0.05, 0) is 31.5 Å². The molecule has 19 heavy (non-hydrogen) atoms. The summed E-state index contributed by atoms with van der Waals surface area (Å²) in [7, 11) is 0. The van der Waals surface area contributed by atoms with E-state index in [0.717, 1.165) is 17.0 Å². The Bertz CT molecular complexity index is 549. The van der Waals surface area contributed by atoms with Gasteiger partial charge in [0.1, 0.15) is 5.75 Å². The fourth-order valence-corrected chi connectivity index (χ4v) is 2.33. The van der Waals surface area contributed by atoms with Crippen molar-refractivity contribution < 1.29 is 9.53 Å². The number of hydrogen-bond donors (Lipinski definition) is 1. The zero-order chi connectivity index (χ0) is 13.7. The lowest BCUT2D eigenvalue weighted by Gasteiger charge is -2.05. The lowest BCUT2D eigenvalue weighted by atomic mass is 10.1. The van der Waals surface area contributed by atoms with E-state index in [-0.39, 0.29) is 5.91 Å². The van der Waals surface area contributed by atoms with Crippen LogP contribution in [0.15, 0.2) is 29.6 Å². The number of anilines is 1. The molecule has 1 aromatic carbocycles. The fourth-order valence-electron chi connectivity index (χ4n) is 1.63. The van der Waals surface area contributed by atoms with E-state index in [1.54, 1.807) is 0 Å². The minimum absolute atomic E-state index is 0.0569. The summed E-state index contributed by atoms with van der Waals surface area (Å²) in [5, 5.41) is 5.34. The highest BCUT2D eigenvalue weighted by Gasteiger charge is 2.06. The Morgan fingerprint density at radius 1 is 1.37 bits per heavy atom. The van der Waals surface area contributed by atoms with Crippen LogP contribution in [0.25, 0.3) is 0 Å². The van der Waals surface area contributed by atoms with Crippen molar-refractivity contribution in [1.29, 1.82) is 0 Å². The van der Waals surface area contributed by atoms with Gasteiger partial charge >= 0.3 is 0 Å². The lowest BCUT2D eigenvalue weighted by molar-refractivity contribution is -0.115. The van der Waals surface area contributed by atoms with Gasteiger partial charge in [-0.3, -0.25) is 4.79 Å². The molecule has 0 aliphatic rings. The first-order valence-corrected chi connectivity index (χ1v) is 6.99. The van der Waals surface area contributed by atoms with Crippen molar-refractivity contribution in [1.82, 2.24) is 4.98 Å². The SMILES string of the molecule is CCOc1ccc(CC(=O)Nc2nc(C)cs2)cc1. The van der Waals surface area contributed by atoms with E-state index < -0.39 is 0 Å². The Labute approximate surface area is 116 Å². The van der Waals surface area contributed by atoms with Crippen LogP contribution < -0.4 is 10.1 Å². The topological polar surface area (TPSA) is 51.2 Å².